The van der Waals surface area contributed by atoms with Crippen LogP contribution in [0, 0.1) is 6.92 Å². The van der Waals surface area contributed by atoms with E-state index >= 15 is 0 Å². The monoisotopic (exact) mass is 312 g/mol. The molecule has 0 aliphatic heterocycles. The van der Waals surface area contributed by atoms with Crippen LogP contribution in [0.25, 0.3) is 0 Å². The molecule has 0 atom stereocenters. The normalized spacial score (nSPS) is 10.4. The minimum Gasteiger partial charge on any atom is -0.330 e. The molecule has 5 heteroatoms. The van der Waals surface area contributed by atoms with Crippen molar-refractivity contribution in [1.82, 2.24) is 4.98 Å². The molecule has 2 aromatic rings. The number of hydrogen-bond acceptors (Lipinski definition) is 4. The third-order valence-electron chi connectivity index (χ3n) is 3.55. The Hall–Kier alpha value is -2.40. The maximum absolute atomic E-state index is 11.7. The van der Waals surface area contributed by atoms with E-state index in [2.05, 4.69) is 47.2 Å². The Kier molecular flexibility index (Phi) is 6.11. The predicted octanol–water partition coefficient (Wildman–Crippen LogP) is 3.23. The largest absolute Gasteiger partial charge is 0.330 e. The fourth-order valence-corrected chi connectivity index (χ4v) is 2.38. The van der Waals surface area contributed by atoms with Crippen molar-refractivity contribution in [2.45, 2.75) is 26.7 Å². The fourth-order valence-electron chi connectivity index (χ4n) is 2.38. The molecule has 122 valence electrons. The van der Waals surface area contributed by atoms with Crippen LogP contribution in [0.5, 0.6) is 0 Å². The number of amides is 1. The number of hydrogen-bond donors (Lipinski definition) is 2. The van der Waals surface area contributed by atoms with E-state index in [0.29, 0.717) is 25.1 Å². The lowest BCUT2D eigenvalue weighted by molar-refractivity contribution is -0.116. The van der Waals surface area contributed by atoms with E-state index < -0.39 is 0 Å². The van der Waals surface area contributed by atoms with Crippen molar-refractivity contribution in [3.8, 4) is 0 Å². The summed E-state index contributed by atoms with van der Waals surface area (Å²) in [5.74, 6) is 0.828. The number of nitrogens with zero attached hydrogens (tertiary/aromatic N) is 2. The van der Waals surface area contributed by atoms with Crippen molar-refractivity contribution in [2.75, 3.05) is 23.3 Å². The van der Waals surface area contributed by atoms with Gasteiger partial charge in [-0.2, -0.15) is 0 Å². The average molecular weight is 312 g/mol. The SMILES string of the molecule is CCN(c1cccc(C)c1)c1ccc(NC(=O)CCCN)cn1. The van der Waals surface area contributed by atoms with Crippen LogP contribution in [0.3, 0.4) is 0 Å². The number of nitrogens with one attached hydrogen (secondary N) is 1. The van der Waals surface area contributed by atoms with Gasteiger partial charge in [0.25, 0.3) is 0 Å². The van der Waals surface area contributed by atoms with E-state index in [4.69, 9.17) is 5.73 Å². The van der Waals surface area contributed by atoms with Crippen molar-refractivity contribution in [1.29, 1.82) is 0 Å². The third kappa shape index (κ3) is 4.79. The number of pyridine rings is 1. The summed E-state index contributed by atoms with van der Waals surface area (Å²) in [7, 11) is 0. The molecule has 0 unspecified atom stereocenters. The lowest BCUT2D eigenvalue weighted by Crippen LogP contribution is -2.18. The van der Waals surface area contributed by atoms with Gasteiger partial charge in [0.15, 0.2) is 0 Å². The van der Waals surface area contributed by atoms with Gasteiger partial charge in [-0.25, -0.2) is 4.98 Å². The molecule has 0 spiro atoms. The first-order valence-electron chi connectivity index (χ1n) is 7.94. The maximum Gasteiger partial charge on any atom is 0.224 e. The first kappa shape index (κ1) is 17.0. The standard InChI is InChI=1S/C18H24N4O/c1-3-22(16-7-4-6-14(2)12-16)17-10-9-15(13-20-17)21-18(23)8-5-11-19/h4,6-7,9-10,12-13H,3,5,8,11,19H2,1-2H3,(H,21,23). The predicted molar refractivity (Wildman–Crippen MR) is 95.0 cm³/mol. The van der Waals surface area contributed by atoms with Gasteiger partial charge in [-0.05, 0) is 56.6 Å². The molecule has 23 heavy (non-hydrogen) atoms. The molecule has 2 rings (SSSR count). The van der Waals surface area contributed by atoms with E-state index in [9.17, 15) is 4.79 Å². The Morgan fingerprint density at radius 2 is 2.13 bits per heavy atom. The number of rotatable bonds is 7. The van der Waals surface area contributed by atoms with Crippen molar-refractivity contribution >= 4 is 23.1 Å². The Labute approximate surface area is 137 Å². The van der Waals surface area contributed by atoms with E-state index in [1.54, 1.807) is 6.20 Å². The van der Waals surface area contributed by atoms with E-state index in [1.165, 1.54) is 5.56 Å². The second-order valence-corrected chi connectivity index (χ2v) is 5.43. The van der Waals surface area contributed by atoms with Crippen LogP contribution in [-0.4, -0.2) is 24.0 Å². The molecule has 1 heterocycles. The molecule has 0 fully saturated rings. The number of aromatic nitrogens is 1. The van der Waals surface area contributed by atoms with Gasteiger partial charge in [0, 0.05) is 18.7 Å². The number of anilines is 3. The Balaban J connectivity index is 2.09. The highest BCUT2D eigenvalue weighted by atomic mass is 16.1. The molecule has 0 aliphatic rings. The van der Waals surface area contributed by atoms with E-state index in [1.807, 2.05) is 18.2 Å². The van der Waals surface area contributed by atoms with Gasteiger partial charge in [0.05, 0.1) is 11.9 Å². The summed E-state index contributed by atoms with van der Waals surface area (Å²) in [6.07, 6.45) is 2.81. The van der Waals surface area contributed by atoms with Crippen molar-refractivity contribution in [3.63, 3.8) is 0 Å². The van der Waals surface area contributed by atoms with Crippen LogP contribution in [0.15, 0.2) is 42.6 Å². The fraction of sp³-hybridized carbons (Fsp3) is 0.333. The van der Waals surface area contributed by atoms with Crippen LogP contribution in [0.2, 0.25) is 0 Å². The summed E-state index contributed by atoms with van der Waals surface area (Å²) in [6.45, 7) is 5.50. The molecule has 5 nitrogen and oxygen atoms in total. The molecular formula is C18H24N4O. The third-order valence-corrected chi connectivity index (χ3v) is 3.55. The number of carbonyl (C=O) groups excluding carboxylic acids is 1. The second kappa shape index (κ2) is 8.29. The molecule has 0 aliphatic carbocycles. The molecule has 0 saturated carbocycles. The zero-order chi connectivity index (χ0) is 16.7. The Morgan fingerprint density at radius 3 is 2.74 bits per heavy atom. The van der Waals surface area contributed by atoms with Gasteiger partial charge >= 0.3 is 0 Å². The topological polar surface area (TPSA) is 71.2 Å². The highest BCUT2D eigenvalue weighted by molar-refractivity contribution is 5.90. The van der Waals surface area contributed by atoms with Gasteiger partial charge in [-0.1, -0.05) is 12.1 Å². The molecule has 1 aromatic heterocycles. The maximum atomic E-state index is 11.7. The molecular weight excluding hydrogens is 288 g/mol. The molecule has 1 amide bonds. The van der Waals surface area contributed by atoms with Crippen molar-refractivity contribution in [3.05, 3.63) is 48.2 Å². The second-order valence-electron chi connectivity index (χ2n) is 5.43. The quantitative estimate of drug-likeness (QED) is 0.823. The number of aryl methyl sites for hydroxylation is 1. The van der Waals surface area contributed by atoms with Gasteiger partial charge in [0.2, 0.25) is 5.91 Å². The van der Waals surface area contributed by atoms with Gasteiger partial charge in [0.1, 0.15) is 5.82 Å². The summed E-state index contributed by atoms with van der Waals surface area (Å²) in [5.41, 5.74) is 8.43. The van der Waals surface area contributed by atoms with Crippen LogP contribution >= 0.6 is 0 Å². The number of nitrogens with two attached hydrogens (primary N) is 1. The Morgan fingerprint density at radius 1 is 1.30 bits per heavy atom. The average Bonchev–Trinajstić information content (AvgIpc) is 2.55. The smallest absolute Gasteiger partial charge is 0.224 e. The molecule has 0 saturated heterocycles. The first-order valence-corrected chi connectivity index (χ1v) is 7.94. The zero-order valence-electron chi connectivity index (χ0n) is 13.7. The summed E-state index contributed by atoms with van der Waals surface area (Å²) >= 11 is 0. The number of carbonyl (C=O) groups is 1. The summed E-state index contributed by atoms with van der Waals surface area (Å²) in [6, 6.07) is 12.1. The summed E-state index contributed by atoms with van der Waals surface area (Å²) in [5, 5.41) is 2.83. The van der Waals surface area contributed by atoms with Gasteiger partial charge < -0.3 is 16.0 Å². The first-order chi connectivity index (χ1) is 11.1. The highest BCUT2D eigenvalue weighted by Gasteiger charge is 2.09. The lowest BCUT2D eigenvalue weighted by Gasteiger charge is -2.22. The molecule has 0 bridgehead atoms. The number of benzene rings is 1. The molecule has 0 radical (unpaired) electrons. The zero-order valence-corrected chi connectivity index (χ0v) is 13.7. The minimum absolute atomic E-state index is 0.0315. The summed E-state index contributed by atoms with van der Waals surface area (Å²) in [4.78, 5) is 18.3. The molecule has 3 N–H and O–H groups in total. The Bertz CT molecular complexity index is 640. The van der Waals surface area contributed by atoms with Crippen molar-refractivity contribution in [2.24, 2.45) is 5.73 Å². The lowest BCUT2D eigenvalue weighted by atomic mass is 10.2. The summed E-state index contributed by atoms with van der Waals surface area (Å²) < 4.78 is 0. The van der Waals surface area contributed by atoms with Crippen LogP contribution in [0.1, 0.15) is 25.3 Å². The van der Waals surface area contributed by atoms with E-state index in [-0.39, 0.29) is 5.91 Å². The minimum atomic E-state index is -0.0315. The van der Waals surface area contributed by atoms with Crippen LogP contribution in [0.4, 0.5) is 17.2 Å². The van der Waals surface area contributed by atoms with E-state index in [0.717, 1.165) is 18.1 Å². The van der Waals surface area contributed by atoms with Crippen LogP contribution < -0.4 is 16.0 Å². The van der Waals surface area contributed by atoms with Crippen molar-refractivity contribution < 1.29 is 4.79 Å². The van der Waals surface area contributed by atoms with Gasteiger partial charge in [-0.15, -0.1) is 0 Å². The van der Waals surface area contributed by atoms with Crippen LogP contribution in [-0.2, 0) is 4.79 Å². The highest BCUT2D eigenvalue weighted by Crippen LogP contribution is 2.24. The van der Waals surface area contributed by atoms with Gasteiger partial charge in [-0.3, -0.25) is 4.79 Å². The molecule has 1 aromatic carbocycles.